The van der Waals surface area contributed by atoms with Crippen LogP contribution in [-0.4, -0.2) is 4.98 Å². The van der Waals surface area contributed by atoms with Crippen LogP contribution in [0.25, 0.3) is 0 Å². The molecule has 2 N–H and O–H groups in total. The molecule has 0 spiro atoms. The monoisotopic (exact) mass is 260 g/mol. The first-order valence-electron chi connectivity index (χ1n) is 4.01. The first-order chi connectivity index (χ1) is 7.29. The molecule has 1 aromatic rings. The van der Waals surface area contributed by atoms with Crippen molar-refractivity contribution in [2.45, 2.75) is 19.1 Å². The topological polar surface area (TPSA) is 38.9 Å². The van der Waals surface area contributed by atoms with Gasteiger partial charge < -0.3 is 5.73 Å². The van der Waals surface area contributed by atoms with Gasteiger partial charge in [-0.05, 0) is 5.56 Å². The average Bonchev–Trinajstić information content (AvgIpc) is 2.14. The van der Waals surface area contributed by atoms with Crippen LogP contribution in [0.5, 0.6) is 0 Å². The molecule has 1 rings (SSSR count). The summed E-state index contributed by atoms with van der Waals surface area (Å²) in [6, 6.07) is 0. The van der Waals surface area contributed by atoms with Gasteiger partial charge in [-0.1, -0.05) is 11.6 Å². The van der Waals surface area contributed by atoms with Crippen LogP contribution in [0.15, 0.2) is 6.20 Å². The number of halogens is 6. The number of rotatable bonds is 2. The Balaban J connectivity index is 3.49. The van der Waals surface area contributed by atoms with Crippen molar-refractivity contribution in [1.29, 1.82) is 0 Å². The van der Waals surface area contributed by atoms with Crippen molar-refractivity contribution < 1.29 is 22.0 Å². The van der Waals surface area contributed by atoms with E-state index in [1.807, 2.05) is 0 Å². The summed E-state index contributed by atoms with van der Waals surface area (Å²) in [4.78, 5) is 3.09. The van der Waals surface area contributed by atoms with E-state index in [1.54, 1.807) is 0 Å². The fraction of sp³-hybridized carbons (Fsp3) is 0.375. The van der Waals surface area contributed by atoms with Gasteiger partial charge in [-0.2, -0.15) is 13.2 Å². The molecule has 0 amide bonds. The largest absolute Gasteiger partial charge is 0.418 e. The summed E-state index contributed by atoms with van der Waals surface area (Å²) >= 11 is 5.31. The smallest absolute Gasteiger partial charge is 0.326 e. The lowest BCUT2D eigenvalue weighted by Gasteiger charge is -2.15. The Labute approximate surface area is 92.2 Å². The van der Waals surface area contributed by atoms with E-state index in [4.69, 9.17) is 17.3 Å². The Morgan fingerprint density at radius 1 is 1.38 bits per heavy atom. The molecule has 8 heteroatoms. The summed E-state index contributed by atoms with van der Waals surface area (Å²) in [7, 11) is 0. The van der Waals surface area contributed by atoms with Crippen molar-refractivity contribution in [2.24, 2.45) is 5.73 Å². The number of hydrogen-bond acceptors (Lipinski definition) is 2. The second kappa shape index (κ2) is 4.50. The molecule has 0 aliphatic rings. The van der Waals surface area contributed by atoms with E-state index in [0.717, 1.165) is 0 Å². The van der Waals surface area contributed by atoms with Crippen LogP contribution < -0.4 is 5.73 Å². The highest BCUT2D eigenvalue weighted by Gasteiger charge is 2.36. The summed E-state index contributed by atoms with van der Waals surface area (Å²) in [5, 5.41) is -0.663. The molecule has 0 aliphatic carbocycles. The van der Waals surface area contributed by atoms with Crippen molar-refractivity contribution in [3.8, 4) is 0 Å². The first-order valence-corrected chi connectivity index (χ1v) is 4.39. The van der Waals surface area contributed by atoms with Gasteiger partial charge >= 0.3 is 6.18 Å². The van der Waals surface area contributed by atoms with Crippen LogP contribution in [0.2, 0.25) is 5.15 Å². The highest BCUT2D eigenvalue weighted by molar-refractivity contribution is 6.30. The Hall–Kier alpha value is -0.950. The lowest BCUT2D eigenvalue weighted by Crippen LogP contribution is -2.15. The minimum Gasteiger partial charge on any atom is -0.326 e. The van der Waals surface area contributed by atoms with Gasteiger partial charge in [-0.25, -0.2) is 13.8 Å². The Morgan fingerprint density at radius 3 is 2.31 bits per heavy atom. The molecule has 1 heterocycles. The van der Waals surface area contributed by atoms with Crippen molar-refractivity contribution in [3.63, 3.8) is 0 Å². The predicted octanol–water partition coefficient (Wildman–Crippen LogP) is 3.15. The second-order valence-electron chi connectivity index (χ2n) is 2.86. The van der Waals surface area contributed by atoms with Crippen LogP contribution in [0.4, 0.5) is 22.0 Å². The molecule has 0 aromatic carbocycles. The van der Waals surface area contributed by atoms with Gasteiger partial charge in [-0.15, -0.1) is 0 Å². The van der Waals surface area contributed by atoms with E-state index in [9.17, 15) is 22.0 Å². The third-order valence-corrected chi connectivity index (χ3v) is 2.21. The van der Waals surface area contributed by atoms with Crippen molar-refractivity contribution >= 4 is 11.6 Å². The SMILES string of the molecule is NCc1c(C(F)(F)F)cnc(Cl)c1C(F)F. The fourth-order valence-corrected chi connectivity index (χ4v) is 1.47. The van der Waals surface area contributed by atoms with Gasteiger partial charge in [-0.3, -0.25) is 0 Å². The molecule has 0 saturated carbocycles. The molecule has 90 valence electrons. The second-order valence-corrected chi connectivity index (χ2v) is 3.22. The first kappa shape index (κ1) is 13.1. The Bertz CT molecular complexity index is 391. The lowest BCUT2D eigenvalue weighted by molar-refractivity contribution is -0.138. The quantitative estimate of drug-likeness (QED) is 0.655. The highest BCUT2D eigenvalue weighted by Crippen LogP contribution is 2.37. The molecule has 0 unspecified atom stereocenters. The maximum Gasteiger partial charge on any atom is 0.418 e. The average molecular weight is 261 g/mol. The van der Waals surface area contributed by atoms with Crippen molar-refractivity contribution in [2.75, 3.05) is 0 Å². The van der Waals surface area contributed by atoms with Gasteiger partial charge in [0, 0.05) is 12.7 Å². The van der Waals surface area contributed by atoms with Gasteiger partial charge in [0.25, 0.3) is 6.43 Å². The highest BCUT2D eigenvalue weighted by atomic mass is 35.5. The van der Waals surface area contributed by atoms with Gasteiger partial charge in [0.1, 0.15) is 5.15 Å². The molecule has 16 heavy (non-hydrogen) atoms. The molecule has 2 nitrogen and oxygen atoms in total. The molecule has 0 radical (unpaired) electrons. The molecule has 0 atom stereocenters. The van der Waals surface area contributed by atoms with Gasteiger partial charge in [0.15, 0.2) is 0 Å². The summed E-state index contributed by atoms with van der Waals surface area (Å²) in [6.45, 7) is -0.684. The predicted molar refractivity (Wildman–Crippen MR) is 47.1 cm³/mol. The zero-order valence-electron chi connectivity index (χ0n) is 7.65. The number of pyridine rings is 1. The van der Waals surface area contributed by atoms with Crippen molar-refractivity contribution in [3.05, 3.63) is 28.0 Å². The number of alkyl halides is 5. The summed E-state index contributed by atoms with van der Waals surface area (Å²) in [5.41, 5.74) is 2.07. The molecule has 0 saturated heterocycles. The number of nitrogens with zero attached hydrogens (tertiary/aromatic N) is 1. The third-order valence-electron chi connectivity index (χ3n) is 1.91. The summed E-state index contributed by atoms with van der Waals surface area (Å²) in [5.74, 6) is 0. The van der Waals surface area contributed by atoms with Crippen molar-refractivity contribution in [1.82, 2.24) is 4.98 Å². The maximum absolute atomic E-state index is 12.5. The van der Waals surface area contributed by atoms with E-state index in [0.29, 0.717) is 6.20 Å². The Kier molecular flexibility index (Phi) is 3.69. The molecular weight excluding hydrogens is 255 g/mol. The van der Waals surface area contributed by atoms with Crippen LogP contribution in [0.3, 0.4) is 0 Å². The van der Waals surface area contributed by atoms with Gasteiger partial charge in [0.2, 0.25) is 0 Å². The number of hydrogen-bond donors (Lipinski definition) is 1. The van der Waals surface area contributed by atoms with E-state index >= 15 is 0 Å². The van der Waals surface area contributed by atoms with E-state index in [-0.39, 0.29) is 0 Å². The zero-order chi connectivity index (χ0) is 12.5. The standard InChI is InChI=1S/C8H6ClF5N2/c9-6-5(7(10)11)3(1-15)4(2-16-6)8(12,13)14/h2,7H,1,15H2. The van der Waals surface area contributed by atoms with Gasteiger partial charge in [0.05, 0.1) is 11.1 Å². The third kappa shape index (κ3) is 2.41. The number of aromatic nitrogens is 1. The summed E-state index contributed by atoms with van der Waals surface area (Å²) in [6.07, 6.45) is -7.53. The molecule has 0 aliphatic heterocycles. The van der Waals surface area contributed by atoms with Crippen LogP contribution >= 0.6 is 11.6 Å². The van der Waals surface area contributed by atoms with E-state index in [2.05, 4.69) is 4.98 Å². The zero-order valence-corrected chi connectivity index (χ0v) is 8.41. The number of nitrogens with two attached hydrogens (primary N) is 1. The maximum atomic E-state index is 12.5. The molecule has 1 aromatic heterocycles. The molecule has 0 bridgehead atoms. The van der Waals surface area contributed by atoms with E-state index in [1.165, 1.54) is 0 Å². The van der Waals surface area contributed by atoms with Crippen LogP contribution in [0, 0.1) is 0 Å². The molecular formula is C8H6ClF5N2. The summed E-state index contributed by atoms with van der Waals surface area (Å²) < 4.78 is 62.3. The van der Waals surface area contributed by atoms with Crippen LogP contribution in [-0.2, 0) is 12.7 Å². The van der Waals surface area contributed by atoms with Crippen LogP contribution in [0.1, 0.15) is 23.1 Å². The molecule has 0 fully saturated rings. The Morgan fingerprint density at radius 2 is 1.94 bits per heavy atom. The van der Waals surface area contributed by atoms with E-state index < -0.39 is 41.0 Å². The lowest BCUT2D eigenvalue weighted by atomic mass is 10.0. The fourth-order valence-electron chi connectivity index (χ4n) is 1.22. The normalized spacial score (nSPS) is 12.2. The minimum atomic E-state index is -4.78. The minimum absolute atomic E-state index is 0.399.